The first-order valence-electron chi connectivity index (χ1n) is 6.42. The van der Waals surface area contributed by atoms with Gasteiger partial charge in [-0.3, -0.25) is 4.90 Å². The Balaban J connectivity index is 1.88. The van der Waals surface area contributed by atoms with Crippen LogP contribution in [0.4, 0.5) is 13.2 Å². The largest absolute Gasteiger partial charge is 0.401 e. The van der Waals surface area contributed by atoms with E-state index < -0.39 is 12.7 Å². The molecule has 0 amide bonds. The summed E-state index contributed by atoms with van der Waals surface area (Å²) in [6, 6.07) is 8.07. The Bertz CT molecular complexity index is 394. The Labute approximate surface area is 116 Å². The van der Waals surface area contributed by atoms with Crippen molar-refractivity contribution in [3.05, 3.63) is 35.4 Å². The Morgan fingerprint density at radius 1 is 1.11 bits per heavy atom. The van der Waals surface area contributed by atoms with Gasteiger partial charge in [0.05, 0.1) is 6.54 Å². The van der Waals surface area contributed by atoms with Crippen LogP contribution in [0, 0.1) is 0 Å². The quantitative estimate of drug-likeness (QED) is 0.756. The Morgan fingerprint density at radius 2 is 1.68 bits per heavy atom. The number of halogens is 4. The van der Waals surface area contributed by atoms with E-state index >= 15 is 0 Å². The average molecular weight is 292 g/mol. The smallest absolute Gasteiger partial charge is 0.295 e. The van der Waals surface area contributed by atoms with E-state index in [1.54, 1.807) is 0 Å². The molecule has 1 fully saturated rings. The van der Waals surface area contributed by atoms with Gasteiger partial charge < -0.3 is 0 Å². The summed E-state index contributed by atoms with van der Waals surface area (Å²) in [5.41, 5.74) is 2.28. The Kier molecular flexibility index (Phi) is 4.74. The van der Waals surface area contributed by atoms with E-state index in [1.165, 1.54) is 10.5 Å². The van der Waals surface area contributed by atoms with Gasteiger partial charge in [-0.1, -0.05) is 24.3 Å². The average Bonchev–Trinajstić information content (AvgIpc) is 2.38. The lowest BCUT2D eigenvalue weighted by molar-refractivity contribution is -0.147. The standard InChI is InChI=1S/C14H17ClF3N/c15-9-11-1-3-12(4-2-11)13-5-7-19(8-6-13)10-14(16,17)18/h1-4,13H,5-10H2. The van der Waals surface area contributed by atoms with Crippen molar-refractivity contribution < 1.29 is 13.2 Å². The molecule has 1 aromatic rings. The molecule has 1 aromatic carbocycles. The summed E-state index contributed by atoms with van der Waals surface area (Å²) in [5, 5.41) is 0. The minimum absolute atomic E-state index is 0.369. The second kappa shape index (κ2) is 6.14. The maximum absolute atomic E-state index is 12.3. The molecular weight excluding hydrogens is 275 g/mol. The van der Waals surface area contributed by atoms with Gasteiger partial charge in [-0.2, -0.15) is 13.2 Å². The maximum atomic E-state index is 12.3. The lowest BCUT2D eigenvalue weighted by Crippen LogP contribution is -2.39. The molecule has 5 heteroatoms. The van der Waals surface area contributed by atoms with Crippen molar-refractivity contribution in [3.8, 4) is 0 Å². The van der Waals surface area contributed by atoms with E-state index in [4.69, 9.17) is 11.6 Å². The summed E-state index contributed by atoms with van der Waals surface area (Å²) >= 11 is 5.73. The molecule has 106 valence electrons. The number of hydrogen-bond acceptors (Lipinski definition) is 1. The van der Waals surface area contributed by atoms with Crippen LogP contribution in [0.2, 0.25) is 0 Å². The number of likely N-dealkylation sites (tertiary alicyclic amines) is 1. The summed E-state index contributed by atoms with van der Waals surface area (Å²) in [6.45, 7) is 0.244. The van der Waals surface area contributed by atoms with Crippen molar-refractivity contribution >= 4 is 11.6 Å². The predicted octanol–water partition coefficient (Wildman–Crippen LogP) is 4.17. The number of hydrogen-bond donors (Lipinski definition) is 0. The van der Waals surface area contributed by atoms with Gasteiger partial charge in [0.15, 0.2) is 0 Å². The fourth-order valence-corrected chi connectivity index (χ4v) is 2.74. The molecule has 0 spiro atoms. The molecule has 0 radical (unpaired) electrons. The van der Waals surface area contributed by atoms with Crippen molar-refractivity contribution in [3.63, 3.8) is 0 Å². The molecule has 1 aliphatic heterocycles. The highest BCUT2D eigenvalue weighted by Gasteiger charge is 2.32. The van der Waals surface area contributed by atoms with Gasteiger partial charge in [0.1, 0.15) is 0 Å². The SMILES string of the molecule is FC(F)(F)CN1CCC(c2ccc(CCl)cc2)CC1. The van der Waals surface area contributed by atoms with E-state index in [2.05, 4.69) is 0 Å². The van der Waals surface area contributed by atoms with Crippen LogP contribution in [0.3, 0.4) is 0 Å². The van der Waals surface area contributed by atoms with Gasteiger partial charge >= 0.3 is 6.18 Å². The summed E-state index contributed by atoms with van der Waals surface area (Å²) in [4.78, 5) is 1.49. The molecule has 1 saturated heterocycles. The van der Waals surface area contributed by atoms with E-state index in [1.807, 2.05) is 24.3 Å². The van der Waals surface area contributed by atoms with Gasteiger partial charge in [-0.05, 0) is 43.0 Å². The highest BCUT2D eigenvalue weighted by atomic mass is 35.5. The zero-order chi connectivity index (χ0) is 13.9. The normalized spacial score (nSPS) is 18.7. The van der Waals surface area contributed by atoms with E-state index in [0.717, 1.165) is 18.4 Å². The molecule has 0 aliphatic carbocycles. The van der Waals surface area contributed by atoms with Gasteiger partial charge in [-0.15, -0.1) is 11.6 Å². The van der Waals surface area contributed by atoms with Gasteiger partial charge in [0.2, 0.25) is 0 Å². The summed E-state index contributed by atoms with van der Waals surface area (Å²) in [7, 11) is 0. The lowest BCUT2D eigenvalue weighted by Gasteiger charge is -2.32. The highest BCUT2D eigenvalue weighted by molar-refractivity contribution is 6.17. The van der Waals surface area contributed by atoms with E-state index in [-0.39, 0.29) is 0 Å². The minimum Gasteiger partial charge on any atom is -0.295 e. The van der Waals surface area contributed by atoms with Gasteiger partial charge in [0.25, 0.3) is 0 Å². The van der Waals surface area contributed by atoms with Crippen molar-refractivity contribution in [2.24, 2.45) is 0 Å². The van der Waals surface area contributed by atoms with E-state index in [9.17, 15) is 13.2 Å². The number of rotatable bonds is 3. The third-order valence-electron chi connectivity index (χ3n) is 3.60. The van der Waals surface area contributed by atoms with Crippen LogP contribution in [0.25, 0.3) is 0 Å². The molecule has 0 aromatic heterocycles. The van der Waals surface area contributed by atoms with Crippen LogP contribution in [-0.4, -0.2) is 30.7 Å². The van der Waals surface area contributed by atoms with Crippen LogP contribution in [0.1, 0.15) is 29.9 Å². The summed E-state index contributed by atoms with van der Waals surface area (Å²) in [5.74, 6) is 0.860. The topological polar surface area (TPSA) is 3.24 Å². The monoisotopic (exact) mass is 291 g/mol. The summed E-state index contributed by atoms with van der Waals surface area (Å²) in [6.07, 6.45) is -2.51. The lowest BCUT2D eigenvalue weighted by atomic mass is 9.89. The molecule has 1 aliphatic rings. The first-order chi connectivity index (χ1) is 8.98. The van der Waals surface area contributed by atoms with Crippen LogP contribution >= 0.6 is 11.6 Å². The first kappa shape index (κ1) is 14.7. The van der Waals surface area contributed by atoms with Gasteiger partial charge in [-0.25, -0.2) is 0 Å². The second-order valence-electron chi connectivity index (χ2n) is 5.04. The highest BCUT2D eigenvalue weighted by Crippen LogP contribution is 2.29. The maximum Gasteiger partial charge on any atom is 0.401 e. The molecule has 2 rings (SSSR count). The Hall–Kier alpha value is -0.740. The van der Waals surface area contributed by atoms with Crippen LogP contribution < -0.4 is 0 Å². The molecule has 0 N–H and O–H groups in total. The molecule has 0 atom stereocenters. The first-order valence-corrected chi connectivity index (χ1v) is 6.95. The van der Waals surface area contributed by atoms with Crippen molar-refractivity contribution in [1.29, 1.82) is 0 Å². The fourth-order valence-electron chi connectivity index (χ4n) is 2.56. The molecule has 1 heterocycles. The third kappa shape index (κ3) is 4.39. The third-order valence-corrected chi connectivity index (χ3v) is 3.90. The molecule has 0 bridgehead atoms. The molecule has 0 saturated carbocycles. The fraction of sp³-hybridized carbons (Fsp3) is 0.571. The Morgan fingerprint density at radius 3 is 2.16 bits per heavy atom. The molecule has 1 nitrogen and oxygen atoms in total. The molecule has 19 heavy (non-hydrogen) atoms. The molecule has 0 unspecified atom stereocenters. The van der Waals surface area contributed by atoms with Gasteiger partial charge in [0, 0.05) is 5.88 Å². The zero-order valence-corrected chi connectivity index (χ0v) is 11.3. The van der Waals surface area contributed by atoms with Crippen molar-refractivity contribution in [2.75, 3.05) is 19.6 Å². The zero-order valence-electron chi connectivity index (χ0n) is 10.6. The second-order valence-corrected chi connectivity index (χ2v) is 5.31. The van der Waals surface area contributed by atoms with Crippen LogP contribution in [0.15, 0.2) is 24.3 Å². The number of piperidine rings is 1. The minimum atomic E-state index is -4.09. The predicted molar refractivity (Wildman–Crippen MR) is 70.5 cm³/mol. The van der Waals surface area contributed by atoms with Crippen LogP contribution in [-0.2, 0) is 5.88 Å². The van der Waals surface area contributed by atoms with Crippen molar-refractivity contribution in [2.45, 2.75) is 30.8 Å². The number of alkyl halides is 4. The van der Waals surface area contributed by atoms with E-state index in [0.29, 0.717) is 24.9 Å². The summed E-state index contributed by atoms with van der Waals surface area (Å²) < 4.78 is 36.9. The van der Waals surface area contributed by atoms with Crippen LogP contribution in [0.5, 0.6) is 0 Å². The molecular formula is C14H17ClF3N. The van der Waals surface area contributed by atoms with Crippen molar-refractivity contribution in [1.82, 2.24) is 4.90 Å². The number of benzene rings is 1. The number of nitrogens with zero attached hydrogens (tertiary/aromatic N) is 1.